The molecule has 2 heterocycles. The van der Waals surface area contributed by atoms with Gasteiger partial charge in [0.15, 0.2) is 0 Å². The first-order valence-corrected chi connectivity index (χ1v) is 10.6. The fourth-order valence-electron chi connectivity index (χ4n) is 3.82. The van der Waals surface area contributed by atoms with Crippen LogP contribution in [0.3, 0.4) is 0 Å². The summed E-state index contributed by atoms with van der Waals surface area (Å²) in [6.07, 6.45) is 4.37. The van der Waals surface area contributed by atoms with E-state index in [1.54, 1.807) is 0 Å². The molecule has 2 aliphatic rings. The van der Waals surface area contributed by atoms with Crippen LogP contribution >= 0.6 is 0 Å². The number of nitrogens with zero attached hydrogens (tertiary/aromatic N) is 1. The van der Waals surface area contributed by atoms with Crippen molar-refractivity contribution in [2.45, 2.75) is 51.5 Å². The zero-order valence-electron chi connectivity index (χ0n) is 17.3. The molecule has 1 aromatic heterocycles. The Hall–Kier alpha value is -2.84. The van der Waals surface area contributed by atoms with Crippen LogP contribution in [-0.2, 0) is 27.2 Å². The minimum Gasteiger partial charge on any atom is -0.480 e. The van der Waals surface area contributed by atoms with Crippen molar-refractivity contribution in [1.29, 1.82) is 0 Å². The summed E-state index contributed by atoms with van der Waals surface area (Å²) in [4.78, 5) is 39.9. The number of carbonyl (C=O) groups excluding carboxylic acids is 2. The number of carbonyl (C=O) groups is 3. The third-order valence-corrected chi connectivity index (χ3v) is 5.56. The normalized spacial score (nSPS) is 20.7. The van der Waals surface area contributed by atoms with E-state index in [1.807, 2.05) is 6.92 Å². The second-order valence-corrected chi connectivity index (χ2v) is 8.00. The first-order valence-electron chi connectivity index (χ1n) is 10.6. The molecule has 0 saturated heterocycles. The second kappa shape index (κ2) is 10.3. The topological polar surface area (TPSA) is 130 Å². The lowest BCUT2D eigenvalue weighted by Crippen LogP contribution is -2.50. The number of fused-ring (bicyclic) bond motifs is 1. The Balaban J connectivity index is 1.40. The molecule has 2 amide bonds. The predicted octanol–water partition coefficient (Wildman–Crippen LogP) is 1.71. The van der Waals surface area contributed by atoms with E-state index in [-0.39, 0.29) is 25.0 Å². The standard InChI is InChI=1S/C21H30N4O5/c1-2-8-30-21(29)25-17(20(27)28)12-23-19(26)15-9-13(10-15)11-16-6-5-14-4-3-7-22-18(14)24-16/h5-6,13,15,17H,2-4,7-12H2,1H3,(H,22,24)(H,23,26)(H,25,29)(H,27,28)/t13?,15?,17-/m0/s1. The second-order valence-electron chi connectivity index (χ2n) is 8.00. The van der Waals surface area contributed by atoms with Gasteiger partial charge >= 0.3 is 12.1 Å². The molecule has 1 atom stereocenters. The Bertz CT molecular complexity index is 779. The number of nitrogens with one attached hydrogen (secondary N) is 3. The van der Waals surface area contributed by atoms with Gasteiger partial charge in [-0.15, -0.1) is 0 Å². The zero-order chi connectivity index (χ0) is 21.5. The number of ether oxygens (including phenoxy) is 1. The summed E-state index contributed by atoms with van der Waals surface area (Å²) in [6, 6.07) is 2.98. The van der Waals surface area contributed by atoms with Gasteiger partial charge in [-0.25, -0.2) is 14.6 Å². The summed E-state index contributed by atoms with van der Waals surface area (Å²) in [7, 11) is 0. The van der Waals surface area contributed by atoms with E-state index in [1.165, 1.54) is 5.56 Å². The monoisotopic (exact) mass is 418 g/mol. The van der Waals surface area contributed by atoms with E-state index in [2.05, 4.69) is 28.1 Å². The minimum absolute atomic E-state index is 0.132. The van der Waals surface area contributed by atoms with E-state index in [0.29, 0.717) is 12.3 Å². The van der Waals surface area contributed by atoms with E-state index in [0.717, 1.165) is 50.2 Å². The summed E-state index contributed by atoms with van der Waals surface area (Å²) < 4.78 is 4.83. The number of hydrogen-bond acceptors (Lipinski definition) is 6. The molecule has 164 valence electrons. The van der Waals surface area contributed by atoms with Crippen molar-refractivity contribution < 1.29 is 24.2 Å². The van der Waals surface area contributed by atoms with Crippen LogP contribution in [0.2, 0.25) is 0 Å². The average molecular weight is 418 g/mol. The fraction of sp³-hybridized carbons (Fsp3) is 0.619. The number of amides is 2. The molecule has 30 heavy (non-hydrogen) atoms. The lowest BCUT2D eigenvalue weighted by molar-refractivity contribution is -0.139. The molecule has 1 saturated carbocycles. The Morgan fingerprint density at radius 1 is 1.33 bits per heavy atom. The van der Waals surface area contributed by atoms with Crippen molar-refractivity contribution in [1.82, 2.24) is 15.6 Å². The summed E-state index contributed by atoms with van der Waals surface area (Å²) in [6.45, 7) is 2.84. The smallest absolute Gasteiger partial charge is 0.407 e. The molecule has 1 aliphatic heterocycles. The van der Waals surface area contributed by atoms with Crippen LogP contribution in [0.4, 0.5) is 10.6 Å². The third-order valence-electron chi connectivity index (χ3n) is 5.56. The zero-order valence-corrected chi connectivity index (χ0v) is 17.3. The van der Waals surface area contributed by atoms with Gasteiger partial charge in [-0.05, 0) is 56.1 Å². The van der Waals surface area contributed by atoms with Crippen LogP contribution in [0.1, 0.15) is 43.9 Å². The summed E-state index contributed by atoms with van der Waals surface area (Å²) >= 11 is 0. The number of carboxylic acid groups (broad SMARTS) is 1. The van der Waals surface area contributed by atoms with Crippen molar-refractivity contribution in [3.05, 3.63) is 23.4 Å². The number of anilines is 1. The van der Waals surface area contributed by atoms with Gasteiger partial charge in [-0.3, -0.25) is 4.79 Å². The Kier molecular flexibility index (Phi) is 7.48. The molecule has 0 radical (unpaired) electrons. The van der Waals surface area contributed by atoms with Crippen molar-refractivity contribution in [3.63, 3.8) is 0 Å². The van der Waals surface area contributed by atoms with Crippen molar-refractivity contribution in [2.24, 2.45) is 11.8 Å². The van der Waals surface area contributed by atoms with Crippen molar-refractivity contribution in [2.75, 3.05) is 25.0 Å². The molecule has 0 bridgehead atoms. The quantitative estimate of drug-likeness (QED) is 0.480. The van der Waals surface area contributed by atoms with Crippen molar-refractivity contribution >= 4 is 23.8 Å². The molecule has 9 nitrogen and oxygen atoms in total. The van der Waals surface area contributed by atoms with Gasteiger partial charge < -0.3 is 25.8 Å². The van der Waals surface area contributed by atoms with E-state index in [4.69, 9.17) is 9.72 Å². The predicted molar refractivity (Wildman–Crippen MR) is 110 cm³/mol. The fourth-order valence-corrected chi connectivity index (χ4v) is 3.82. The van der Waals surface area contributed by atoms with Gasteiger partial charge in [-0.1, -0.05) is 13.0 Å². The molecule has 9 heteroatoms. The van der Waals surface area contributed by atoms with Gasteiger partial charge in [0.25, 0.3) is 0 Å². The third kappa shape index (κ3) is 5.84. The molecule has 0 unspecified atom stereocenters. The molecular formula is C21H30N4O5. The maximum atomic E-state index is 12.3. The minimum atomic E-state index is -1.22. The van der Waals surface area contributed by atoms with Crippen LogP contribution in [0.5, 0.6) is 0 Å². The first kappa shape index (κ1) is 21.9. The van der Waals surface area contributed by atoms with Gasteiger partial charge in [-0.2, -0.15) is 0 Å². The molecule has 3 rings (SSSR count). The number of alkyl carbamates (subject to hydrolysis) is 1. The number of rotatable bonds is 9. The van der Waals surface area contributed by atoms with E-state index in [9.17, 15) is 19.5 Å². The lowest BCUT2D eigenvalue weighted by Gasteiger charge is -2.34. The summed E-state index contributed by atoms with van der Waals surface area (Å²) in [5, 5.41) is 17.5. The van der Waals surface area contributed by atoms with Crippen LogP contribution in [-0.4, -0.2) is 53.8 Å². The number of carboxylic acids is 1. The number of aliphatic carboxylic acids is 1. The first-order chi connectivity index (χ1) is 14.5. The number of hydrogen-bond donors (Lipinski definition) is 4. The molecule has 1 aliphatic carbocycles. The number of aromatic nitrogens is 1. The molecular weight excluding hydrogens is 388 g/mol. The van der Waals surface area contributed by atoms with Gasteiger partial charge in [0, 0.05) is 24.7 Å². The average Bonchev–Trinajstić information content (AvgIpc) is 2.71. The van der Waals surface area contributed by atoms with E-state index >= 15 is 0 Å². The number of aryl methyl sites for hydroxylation is 1. The van der Waals surface area contributed by atoms with Crippen LogP contribution in [0, 0.1) is 11.8 Å². The van der Waals surface area contributed by atoms with Crippen molar-refractivity contribution in [3.8, 4) is 0 Å². The largest absolute Gasteiger partial charge is 0.480 e. The van der Waals surface area contributed by atoms with Gasteiger partial charge in [0.05, 0.1) is 6.61 Å². The summed E-state index contributed by atoms with van der Waals surface area (Å²) in [5.74, 6) is -0.153. The number of pyridine rings is 1. The van der Waals surface area contributed by atoms with Crippen LogP contribution < -0.4 is 16.0 Å². The molecule has 0 aromatic carbocycles. The van der Waals surface area contributed by atoms with Gasteiger partial charge in [0.1, 0.15) is 11.9 Å². The molecule has 4 N–H and O–H groups in total. The highest BCUT2D eigenvalue weighted by atomic mass is 16.5. The van der Waals surface area contributed by atoms with Gasteiger partial charge in [0.2, 0.25) is 5.91 Å². The lowest BCUT2D eigenvalue weighted by atomic mass is 9.72. The maximum absolute atomic E-state index is 12.3. The summed E-state index contributed by atoms with van der Waals surface area (Å²) in [5.41, 5.74) is 2.30. The highest BCUT2D eigenvalue weighted by Gasteiger charge is 2.35. The molecule has 0 spiro atoms. The molecule has 1 aromatic rings. The maximum Gasteiger partial charge on any atom is 0.407 e. The molecule has 1 fully saturated rings. The SMILES string of the molecule is CCCOC(=O)N[C@@H](CNC(=O)C1CC(Cc2ccc3c(n2)NCCC3)C1)C(=O)O. The van der Waals surface area contributed by atoms with Crippen LogP contribution in [0.15, 0.2) is 12.1 Å². The van der Waals surface area contributed by atoms with E-state index < -0.39 is 18.1 Å². The Morgan fingerprint density at radius 2 is 2.13 bits per heavy atom. The Morgan fingerprint density at radius 3 is 2.87 bits per heavy atom. The highest BCUT2D eigenvalue weighted by molar-refractivity contribution is 5.83. The van der Waals surface area contributed by atoms with Crippen LogP contribution in [0.25, 0.3) is 0 Å². The Labute approximate surface area is 176 Å². The highest BCUT2D eigenvalue weighted by Crippen LogP contribution is 2.36.